The highest BCUT2D eigenvalue weighted by Crippen LogP contribution is 2.41. The molecule has 2 aromatic rings. The predicted octanol–water partition coefficient (Wildman–Crippen LogP) is 2.01. The molecule has 30 heavy (non-hydrogen) atoms. The maximum absolute atomic E-state index is 13.2. The summed E-state index contributed by atoms with van der Waals surface area (Å²) in [6, 6.07) is 5.11. The quantitative estimate of drug-likeness (QED) is 0.746. The van der Waals surface area contributed by atoms with Gasteiger partial charge in [0.15, 0.2) is 0 Å². The van der Waals surface area contributed by atoms with Crippen molar-refractivity contribution in [2.45, 2.75) is 13.0 Å². The van der Waals surface area contributed by atoms with Crippen molar-refractivity contribution in [1.29, 1.82) is 0 Å². The van der Waals surface area contributed by atoms with E-state index >= 15 is 0 Å². The van der Waals surface area contributed by atoms with Crippen molar-refractivity contribution >= 4 is 34.1 Å². The van der Waals surface area contributed by atoms with E-state index in [0.717, 1.165) is 10.4 Å². The topological polar surface area (TPSA) is 79.4 Å². The molecule has 0 unspecified atom stereocenters. The van der Waals surface area contributed by atoms with Crippen molar-refractivity contribution in [2.24, 2.45) is 0 Å². The van der Waals surface area contributed by atoms with E-state index < -0.39 is 0 Å². The van der Waals surface area contributed by atoms with E-state index in [2.05, 4.69) is 0 Å². The molecule has 0 radical (unpaired) electrons. The zero-order valence-electron chi connectivity index (χ0n) is 17.4. The summed E-state index contributed by atoms with van der Waals surface area (Å²) in [4.78, 5) is 44.2. The normalized spacial score (nSPS) is 16.2. The molecule has 0 bridgehead atoms. The number of hydrogen-bond acceptors (Lipinski definition) is 6. The number of hydrogen-bond donors (Lipinski definition) is 0. The van der Waals surface area contributed by atoms with Crippen molar-refractivity contribution in [1.82, 2.24) is 9.80 Å². The third-order valence-electron chi connectivity index (χ3n) is 5.58. The Morgan fingerprint density at radius 3 is 2.57 bits per heavy atom. The van der Waals surface area contributed by atoms with Gasteiger partial charge in [0.2, 0.25) is 5.91 Å². The Hall–Kier alpha value is -3.07. The van der Waals surface area contributed by atoms with Crippen LogP contribution in [0, 0.1) is 0 Å². The van der Waals surface area contributed by atoms with Crippen LogP contribution in [0.25, 0.3) is 0 Å². The molecule has 0 saturated heterocycles. The zero-order chi connectivity index (χ0) is 21.6. The summed E-state index contributed by atoms with van der Waals surface area (Å²) < 4.78 is 10.6. The number of thiophene rings is 1. The Bertz CT molecular complexity index is 1050. The van der Waals surface area contributed by atoms with Gasteiger partial charge in [-0.25, -0.2) is 0 Å². The van der Waals surface area contributed by atoms with E-state index in [1.807, 2.05) is 0 Å². The van der Waals surface area contributed by atoms with Gasteiger partial charge in [-0.05, 0) is 24.1 Å². The summed E-state index contributed by atoms with van der Waals surface area (Å²) >= 11 is 1.41. The van der Waals surface area contributed by atoms with E-state index in [9.17, 15) is 14.4 Å². The van der Waals surface area contributed by atoms with Crippen LogP contribution in [-0.4, -0.2) is 68.9 Å². The van der Waals surface area contributed by atoms with Gasteiger partial charge in [0.05, 0.1) is 31.9 Å². The first-order chi connectivity index (χ1) is 14.3. The fourth-order valence-corrected chi connectivity index (χ4v) is 5.18. The number of fused-ring (bicyclic) bond motifs is 3. The van der Waals surface area contributed by atoms with Gasteiger partial charge in [0, 0.05) is 31.6 Å². The summed E-state index contributed by atoms with van der Waals surface area (Å²) in [7, 11) is 6.41. The van der Waals surface area contributed by atoms with Crippen molar-refractivity contribution in [3.05, 3.63) is 39.8 Å². The second-order valence-electron chi connectivity index (χ2n) is 7.34. The maximum Gasteiger partial charge on any atom is 0.257 e. The molecule has 3 amide bonds. The molecule has 1 aromatic carbocycles. The SMILES string of the molecule is COc1ccc(C(=O)N2CCc3c(sc4c3C(=O)N(C)CC(=O)N4C)C2)c(OC)c1. The first kappa shape index (κ1) is 20.2. The molecule has 0 spiro atoms. The molecule has 1 aromatic heterocycles. The van der Waals surface area contributed by atoms with Crippen LogP contribution in [0.4, 0.5) is 5.00 Å². The summed E-state index contributed by atoms with van der Waals surface area (Å²) in [6.45, 7) is 0.937. The van der Waals surface area contributed by atoms with Crippen LogP contribution in [0.1, 0.15) is 31.2 Å². The minimum absolute atomic E-state index is 0.0629. The summed E-state index contributed by atoms with van der Waals surface area (Å²) in [5.74, 6) is 0.656. The Labute approximate surface area is 178 Å². The van der Waals surface area contributed by atoms with Gasteiger partial charge < -0.3 is 24.2 Å². The van der Waals surface area contributed by atoms with Crippen LogP contribution in [-0.2, 0) is 17.8 Å². The molecule has 2 aliphatic heterocycles. The highest BCUT2D eigenvalue weighted by molar-refractivity contribution is 7.17. The number of amides is 3. The van der Waals surface area contributed by atoms with Gasteiger partial charge in [-0.15, -0.1) is 11.3 Å². The molecular weight excluding hydrogens is 406 g/mol. The molecule has 2 aliphatic rings. The Morgan fingerprint density at radius 2 is 1.87 bits per heavy atom. The summed E-state index contributed by atoms with van der Waals surface area (Å²) in [5, 5.41) is 0.663. The van der Waals surface area contributed by atoms with Crippen molar-refractivity contribution < 1.29 is 23.9 Å². The number of likely N-dealkylation sites (N-methyl/N-ethyl adjacent to an activating group) is 2. The van der Waals surface area contributed by atoms with Crippen LogP contribution in [0.3, 0.4) is 0 Å². The highest BCUT2D eigenvalue weighted by atomic mass is 32.1. The van der Waals surface area contributed by atoms with Gasteiger partial charge in [-0.1, -0.05) is 0 Å². The molecule has 4 rings (SSSR count). The molecule has 0 saturated carbocycles. The molecule has 8 nitrogen and oxygen atoms in total. The lowest BCUT2D eigenvalue weighted by Crippen LogP contribution is -2.37. The van der Waals surface area contributed by atoms with E-state index in [1.54, 1.807) is 49.2 Å². The molecule has 158 valence electrons. The van der Waals surface area contributed by atoms with Gasteiger partial charge in [-0.3, -0.25) is 14.4 Å². The molecule has 9 heteroatoms. The fraction of sp³-hybridized carbons (Fsp3) is 0.381. The summed E-state index contributed by atoms with van der Waals surface area (Å²) in [5.41, 5.74) is 2.00. The van der Waals surface area contributed by atoms with E-state index in [1.165, 1.54) is 23.3 Å². The van der Waals surface area contributed by atoms with E-state index in [4.69, 9.17) is 9.47 Å². The molecule has 0 aliphatic carbocycles. The molecular formula is C21H23N3O5S. The Kier molecular flexibility index (Phi) is 5.15. The number of rotatable bonds is 3. The van der Waals surface area contributed by atoms with Gasteiger partial charge in [0.25, 0.3) is 11.8 Å². The number of benzene rings is 1. The second kappa shape index (κ2) is 7.64. The van der Waals surface area contributed by atoms with Crippen LogP contribution in [0.5, 0.6) is 11.5 Å². The van der Waals surface area contributed by atoms with Crippen LogP contribution < -0.4 is 14.4 Å². The number of carbonyl (C=O) groups excluding carboxylic acids is 3. The Balaban J connectivity index is 1.66. The molecule has 0 atom stereocenters. The first-order valence-electron chi connectivity index (χ1n) is 9.53. The lowest BCUT2D eigenvalue weighted by atomic mass is 10.0. The average molecular weight is 429 g/mol. The van der Waals surface area contributed by atoms with E-state index in [-0.39, 0.29) is 24.3 Å². The van der Waals surface area contributed by atoms with Crippen molar-refractivity contribution in [3.63, 3.8) is 0 Å². The Morgan fingerprint density at radius 1 is 1.10 bits per heavy atom. The van der Waals surface area contributed by atoms with Gasteiger partial charge in [-0.2, -0.15) is 0 Å². The van der Waals surface area contributed by atoms with Crippen LogP contribution >= 0.6 is 11.3 Å². The highest BCUT2D eigenvalue weighted by Gasteiger charge is 2.36. The average Bonchev–Trinajstić information content (AvgIpc) is 3.12. The number of carbonyl (C=O) groups is 3. The lowest BCUT2D eigenvalue weighted by Gasteiger charge is -2.28. The number of ether oxygens (including phenoxy) is 2. The fourth-order valence-electron chi connectivity index (χ4n) is 3.85. The van der Waals surface area contributed by atoms with Gasteiger partial charge in [0.1, 0.15) is 23.0 Å². The minimum Gasteiger partial charge on any atom is -0.497 e. The standard InChI is InChI=1S/C21H23N3O5S/c1-22-11-17(25)23(2)21-18(20(22)27)14-7-8-24(10-16(14)30-21)19(26)13-6-5-12(28-3)9-15(13)29-4/h5-6,9H,7-8,10-11H2,1-4H3. The smallest absolute Gasteiger partial charge is 0.257 e. The second-order valence-corrected chi connectivity index (χ2v) is 8.42. The monoisotopic (exact) mass is 429 g/mol. The minimum atomic E-state index is -0.142. The third kappa shape index (κ3) is 3.19. The van der Waals surface area contributed by atoms with Crippen LogP contribution in [0.2, 0.25) is 0 Å². The zero-order valence-corrected chi connectivity index (χ0v) is 18.2. The third-order valence-corrected chi connectivity index (χ3v) is 6.87. The van der Waals surface area contributed by atoms with Crippen molar-refractivity contribution in [2.75, 3.05) is 46.3 Å². The molecule has 3 heterocycles. The van der Waals surface area contributed by atoms with E-state index in [0.29, 0.717) is 47.1 Å². The largest absolute Gasteiger partial charge is 0.497 e. The first-order valence-corrected chi connectivity index (χ1v) is 10.3. The number of nitrogens with zero attached hydrogens (tertiary/aromatic N) is 3. The number of methoxy groups -OCH3 is 2. The predicted molar refractivity (Wildman–Crippen MR) is 113 cm³/mol. The maximum atomic E-state index is 13.2. The van der Waals surface area contributed by atoms with Crippen LogP contribution in [0.15, 0.2) is 18.2 Å². The van der Waals surface area contributed by atoms with Crippen molar-refractivity contribution in [3.8, 4) is 11.5 Å². The summed E-state index contributed by atoms with van der Waals surface area (Å²) in [6.07, 6.45) is 0.562. The number of anilines is 1. The van der Waals surface area contributed by atoms with Gasteiger partial charge >= 0.3 is 0 Å². The molecule has 0 N–H and O–H groups in total. The lowest BCUT2D eigenvalue weighted by molar-refractivity contribution is -0.118. The molecule has 0 fully saturated rings.